The van der Waals surface area contributed by atoms with Gasteiger partial charge in [0.25, 0.3) is 0 Å². The van der Waals surface area contributed by atoms with Crippen molar-refractivity contribution in [1.29, 1.82) is 0 Å². The Hall–Kier alpha value is -1.61. The Kier molecular flexibility index (Phi) is 2.83. The standard InChI is InChI=1S/C12H15N3/c1-10-4-3-5-11(8-10)15-7-6-14-12(15)9-13-2/h3-8,13H,9H2,1-2H3. The highest BCUT2D eigenvalue weighted by Gasteiger charge is 2.03. The first-order chi connectivity index (χ1) is 7.31. The highest BCUT2D eigenvalue weighted by atomic mass is 15.1. The lowest BCUT2D eigenvalue weighted by atomic mass is 10.2. The summed E-state index contributed by atoms with van der Waals surface area (Å²) in [5.41, 5.74) is 2.43. The molecule has 15 heavy (non-hydrogen) atoms. The zero-order valence-electron chi connectivity index (χ0n) is 9.07. The van der Waals surface area contributed by atoms with Crippen molar-refractivity contribution < 1.29 is 0 Å². The molecule has 0 aliphatic carbocycles. The van der Waals surface area contributed by atoms with Gasteiger partial charge in [0.05, 0.1) is 6.54 Å². The van der Waals surface area contributed by atoms with Gasteiger partial charge in [0.1, 0.15) is 5.82 Å². The lowest BCUT2D eigenvalue weighted by molar-refractivity contribution is 0.742. The smallest absolute Gasteiger partial charge is 0.127 e. The van der Waals surface area contributed by atoms with Crippen LogP contribution in [-0.4, -0.2) is 16.6 Å². The van der Waals surface area contributed by atoms with Crippen molar-refractivity contribution in [2.45, 2.75) is 13.5 Å². The van der Waals surface area contributed by atoms with Crippen LogP contribution in [0.15, 0.2) is 36.7 Å². The molecular weight excluding hydrogens is 186 g/mol. The van der Waals surface area contributed by atoms with E-state index in [9.17, 15) is 0 Å². The van der Waals surface area contributed by atoms with Gasteiger partial charge < -0.3 is 9.88 Å². The minimum Gasteiger partial charge on any atom is -0.313 e. The topological polar surface area (TPSA) is 29.9 Å². The molecule has 0 fully saturated rings. The summed E-state index contributed by atoms with van der Waals surface area (Å²) >= 11 is 0. The van der Waals surface area contributed by atoms with Gasteiger partial charge in [-0.3, -0.25) is 0 Å². The molecule has 0 bridgehead atoms. The summed E-state index contributed by atoms with van der Waals surface area (Å²) < 4.78 is 2.10. The summed E-state index contributed by atoms with van der Waals surface area (Å²) in [6.07, 6.45) is 3.82. The average molecular weight is 201 g/mol. The van der Waals surface area contributed by atoms with Crippen LogP contribution < -0.4 is 5.32 Å². The van der Waals surface area contributed by atoms with Gasteiger partial charge in [-0.1, -0.05) is 12.1 Å². The molecule has 1 aromatic heterocycles. The second-order valence-corrected chi connectivity index (χ2v) is 3.58. The van der Waals surface area contributed by atoms with Gasteiger partial charge >= 0.3 is 0 Å². The molecule has 78 valence electrons. The molecule has 3 heteroatoms. The molecule has 1 N–H and O–H groups in total. The monoisotopic (exact) mass is 201 g/mol. The predicted molar refractivity (Wildman–Crippen MR) is 61.1 cm³/mol. The van der Waals surface area contributed by atoms with E-state index in [-0.39, 0.29) is 0 Å². The van der Waals surface area contributed by atoms with Gasteiger partial charge in [0.15, 0.2) is 0 Å². The van der Waals surface area contributed by atoms with Crippen LogP contribution in [0.4, 0.5) is 0 Å². The summed E-state index contributed by atoms with van der Waals surface area (Å²) in [5.74, 6) is 1.03. The van der Waals surface area contributed by atoms with E-state index >= 15 is 0 Å². The lowest BCUT2D eigenvalue weighted by Gasteiger charge is -2.07. The summed E-state index contributed by atoms with van der Waals surface area (Å²) in [6.45, 7) is 2.87. The molecule has 0 radical (unpaired) electrons. The number of aromatic nitrogens is 2. The van der Waals surface area contributed by atoms with Gasteiger partial charge in [-0.05, 0) is 31.7 Å². The van der Waals surface area contributed by atoms with E-state index in [1.165, 1.54) is 5.56 Å². The van der Waals surface area contributed by atoms with Crippen LogP contribution in [-0.2, 0) is 6.54 Å². The first kappa shape index (κ1) is 9.93. The van der Waals surface area contributed by atoms with Gasteiger partial charge in [-0.25, -0.2) is 4.98 Å². The summed E-state index contributed by atoms with van der Waals surface area (Å²) in [7, 11) is 1.93. The molecular formula is C12H15N3. The number of imidazole rings is 1. The lowest BCUT2D eigenvalue weighted by Crippen LogP contribution is -2.11. The van der Waals surface area contributed by atoms with Gasteiger partial charge in [0, 0.05) is 18.1 Å². The van der Waals surface area contributed by atoms with E-state index in [1.807, 2.05) is 19.4 Å². The zero-order valence-corrected chi connectivity index (χ0v) is 9.07. The third-order valence-corrected chi connectivity index (χ3v) is 2.33. The van der Waals surface area contributed by atoms with E-state index in [0.29, 0.717) is 0 Å². The molecule has 1 aromatic carbocycles. The highest BCUT2D eigenvalue weighted by Crippen LogP contribution is 2.12. The van der Waals surface area contributed by atoms with Crippen LogP contribution in [0.5, 0.6) is 0 Å². The Bertz CT molecular complexity index is 446. The second-order valence-electron chi connectivity index (χ2n) is 3.58. The number of benzene rings is 1. The number of rotatable bonds is 3. The Balaban J connectivity index is 2.40. The first-order valence-electron chi connectivity index (χ1n) is 5.05. The molecule has 0 saturated heterocycles. The summed E-state index contributed by atoms with van der Waals surface area (Å²) in [4.78, 5) is 4.31. The maximum absolute atomic E-state index is 4.31. The van der Waals surface area contributed by atoms with Crippen LogP contribution in [0.2, 0.25) is 0 Å². The minimum absolute atomic E-state index is 0.779. The Morgan fingerprint density at radius 1 is 1.40 bits per heavy atom. The van der Waals surface area contributed by atoms with Crippen LogP contribution in [0.1, 0.15) is 11.4 Å². The van der Waals surface area contributed by atoms with E-state index in [4.69, 9.17) is 0 Å². The molecule has 0 aliphatic rings. The molecule has 1 heterocycles. The van der Waals surface area contributed by atoms with E-state index in [2.05, 4.69) is 46.1 Å². The van der Waals surface area contributed by atoms with Crippen molar-refractivity contribution in [3.05, 3.63) is 48.0 Å². The van der Waals surface area contributed by atoms with Crippen molar-refractivity contribution >= 4 is 0 Å². The Morgan fingerprint density at radius 2 is 2.27 bits per heavy atom. The molecule has 0 saturated carbocycles. The summed E-state index contributed by atoms with van der Waals surface area (Å²) in [5, 5.41) is 3.11. The predicted octanol–water partition coefficient (Wildman–Crippen LogP) is 1.90. The quantitative estimate of drug-likeness (QED) is 0.822. The van der Waals surface area contributed by atoms with Gasteiger partial charge in [0.2, 0.25) is 0 Å². The number of aryl methyl sites for hydroxylation is 1. The largest absolute Gasteiger partial charge is 0.313 e. The zero-order chi connectivity index (χ0) is 10.7. The minimum atomic E-state index is 0.779. The fraction of sp³-hybridized carbons (Fsp3) is 0.250. The number of nitrogens with one attached hydrogen (secondary N) is 1. The number of hydrogen-bond acceptors (Lipinski definition) is 2. The highest BCUT2D eigenvalue weighted by molar-refractivity contribution is 5.36. The fourth-order valence-corrected chi connectivity index (χ4v) is 1.64. The first-order valence-corrected chi connectivity index (χ1v) is 5.05. The maximum Gasteiger partial charge on any atom is 0.127 e. The SMILES string of the molecule is CNCc1nccn1-c1cccc(C)c1. The van der Waals surface area contributed by atoms with Crippen LogP contribution >= 0.6 is 0 Å². The van der Waals surface area contributed by atoms with E-state index < -0.39 is 0 Å². The van der Waals surface area contributed by atoms with Gasteiger partial charge in [-0.15, -0.1) is 0 Å². The third-order valence-electron chi connectivity index (χ3n) is 2.33. The Morgan fingerprint density at radius 3 is 3.00 bits per heavy atom. The average Bonchev–Trinajstić information content (AvgIpc) is 2.66. The number of hydrogen-bond donors (Lipinski definition) is 1. The molecule has 3 nitrogen and oxygen atoms in total. The molecule has 0 spiro atoms. The van der Waals surface area contributed by atoms with E-state index in [1.54, 1.807) is 0 Å². The van der Waals surface area contributed by atoms with Gasteiger partial charge in [-0.2, -0.15) is 0 Å². The molecule has 0 aliphatic heterocycles. The normalized spacial score (nSPS) is 10.5. The fourth-order valence-electron chi connectivity index (χ4n) is 1.64. The maximum atomic E-state index is 4.31. The van der Waals surface area contributed by atoms with Crippen molar-refractivity contribution in [3.8, 4) is 5.69 Å². The number of nitrogens with zero attached hydrogens (tertiary/aromatic N) is 2. The molecule has 0 atom stereocenters. The summed E-state index contributed by atoms with van der Waals surface area (Å²) in [6, 6.07) is 8.40. The van der Waals surface area contributed by atoms with Crippen molar-refractivity contribution in [3.63, 3.8) is 0 Å². The second kappa shape index (κ2) is 4.28. The molecule has 2 aromatic rings. The van der Waals surface area contributed by atoms with Crippen LogP contribution in [0, 0.1) is 6.92 Å². The molecule has 2 rings (SSSR count). The van der Waals surface area contributed by atoms with Crippen molar-refractivity contribution in [2.24, 2.45) is 0 Å². The Labute approximate surface area is 89.8 Å². The van der Waals surface area contributed by atoms with Crippen LogP contribution in [0.3, 0.4) is 0 Å². The van der Waals surface area contributed by atoms with Crippen molar-refractivity contribution in [1.82, 2.24) is 14.9 Å². The third kappa shape index (κ3) is 2.07. The van der Waals surface area contributed by atoms with Crippen LogP contribution in [0.25, 0.3) is 5.69 Å². The van der Waals surface area contributed by atoms with E-state index in [0.717, 1.165) is 18.1 Å². The molecule has 0 amide bonds. The van der Waals surface area contributed by atoms with Crippen molar-refractivity contribution in [2.75, 3.05) is 7.05 Å². The molecule has 0 unspecified atom stereocenters.